The van der Waals surface area contributed by atoms with Crippen LogP contribution >= 0.6 is 0 Å². The molecule has 0 aliphatic heterocycles. The highest BCUT2D eigenvalue weighted by Crippen LogP contribution is 2.35. The summed E-state index contributed by atoms with van der Waals surface area (Å²) in [6.07, 6.45) is 16.3. The van der Waals surface area contributed by atoms with Gasteiger partial charge in [0, 0.05) is 0 Å². The van der Waals surface area contributed by atoms with Crippen LogP contribution in [0.2, 0.25) is 0 Å². The van der Waals surface area contributed by atoms with Gasteiger partial charge in [-0.15, -0.1) is 0 Å². The number of benzene rings is 1. The predicted octanol–water partition coefficient (Wildman–Crippen LogP) is 6.31. The lowest BCUT2D eigenvalue weighted by molar-refractivity contribution is 0.246. The summed E-state index contributed by atoms with van der Waals surface area (Å²) in [5.74, 6) is 2.72. The van der Waals surface area contributed by atoms with Gasteiger partial charge in [-0.3, -0.25) is 0 Å². The van der Waals surface area contributed by atoms with Crippen LogP contribution in [0.3, 0.4) is 0 Å². The molecule has 0 N–H and O–H groups in total. The molecule has 0 radical (unpaired) electrons. The molecule has 0 saturated heterocycles. The Hall–Kier alpha value is -1.80. The molecule has 0 amide bonds. The summed E-state index contributed by atoms with van der Waals surface area (Å²) < 4.78 is 0. The Kier molecular flexibility index (Phi) is 6.73. The molecule has 2 heteroatoms. The average molecular weight is 349 g/mol. The van der Waals surface area contributed by atoms with Gasteiger partial charge in [-0.1, -0.05) is 64.7 Å². The minimum atomic E-state index is 0.547. The van der Waals surface area contributed by atoms with Crippen LogP contribution in [0.15, 0.2) is 12.1 Å². The van der Waals surface area contributed by atoms with Crippen molar-refractivity contribution < 1.29 is 0 Å². The lowest BCUT2D eigenvalue weighted by Gasteiger charge is -2.28. The number of hydrogen-bond donors (Lipinski definition) is 0. The summed E-state index contributed by atoms with van der Waals surface area (Å²) in [6, 6.07) is 8.26. The molecule has 0 atom stereocenters. The summed E-state index contributed by atoms with van der Waals surface area (Å²) in [5.41, 5.74) is 3.70. The second kappa shape index (κ2) is 9.23. The third kappa shape index (κ3) is 4.67. The van der Waals surface area contributed by atoms with E-state index >= 15 is 0 Å². The van der Waals surface area contributed by atoms with Crippen LogP contribution in [-0.4, -0.2) is 0 Å². The topological polar surface area (TPSA) is 47.6 Å². The summed E-state index contributed by atoms with van der Waals surface area (Å²) in [5, 5.41) is 18.4. The van der Waals surface area contributed by atoms with Crippen molar-refractivity contribution in [1.29, 1.82) is 10.5 Å². The minimum Gasteiger partial charge on any atom is -0.192 e. The third-order valence-corrected chi connectivity index (χ3v) is 6.74. The number of nitriles is 2. The zero-order chi connectivity index (χ0) is 18.4. The monoisotopic (exact) mass is 348 g/mol. The van der Waals surface area contributed by atoms with Gasteiger partial charge in [-0.2, -0.15) is 10.5 Å². The lowest BCUT2D eigenvalue weighted by atomic mass is 9.78. The minimum absolute atomic E-state index is 0.547. The van der Waals surface area contributed by atoms with Crippen LogP contribution in [-0.2, 0) is 12.8 Å². The molecule has 3 rings (SSSR count). The van der Waals surface area contributed by atoms with Crippen molar-refractivity contribution in [3.8, 4) is 12.1 Å². The molecule has 26 heavy (non-hydrogen) atoms. The molecular weight excluding hydrogens is 316 g/mol. The highest BCUT2D eigenvalue weighted by atomic mass is 14.3. The number of unbranched alkanes of at least 4 members (excludes halogenated alkanes) is 1. The number of rotatable bonds is 7. The quantitative estimate of drug-likeness (QED) is 0.542. The van der Waals surface area contributed by atoms with E-state index in [0.29, 0.717) is 17.0 Å². The molecule has 0 unspecified atom stereocenters. The summed E-state index contributed by atoms with van der Waals surface area (Å²) in [7, 11) is 0. The fourth-order valence-corrected chi connectivity index (χ4v) is 5.24. The van der Waals surface area contributed by atoms with Gasteiger partial charge in [-0.25, -0.2) is 0 Å². The first kappa shape index (κ1) is 19.0. The molecule has 1 fully saturated rings. The van der Waals surface area contributed by atoms with Crippen LogP contribution in [0.5, 0.6) is 0 Å². The Morgan fingerprint density at radius 3 is 1.69 bits per heavy atom. The molecule has 0 bridgehead atoms. The number of hydrogen-bond acceptors (Lipinski definition) is 2. The van der Waals surface area contributed by atoms with Gasteiger partial charge < -0.3 is 0 Å². The van der Waals surface area contributed by atoms with E-state index in [-0.39, 0.29) is 0 Å². The zero-order valence-corrected chi connectivity index (χ0v) is 16.3. The van der Waals surface area contributed by atoms with Gasteiger partial charge in [0.15, 0.2) is 0 Å². The molecule has 0 spiro atoms. The highest BCUT2D eigenvalue weighted by molar-refractivity contribution is 5.51. The second-order valence-electron chi connectivity index (χ2n) is 8.62. The molecule has 2 aliphatic carbocycles. The maximum absolute atomic E-state index is 9.19. The van der Waals surface area contributed by atoms with E-state index in [0.717, 1.165) is 24.7 Å². The fourth-order valence-electron chi connectivity index (χ4n) is 5.24. The Labute approximate surface area is 159 Å². The SMILES string of the molecule is CCCC1CCC(CCCCC2Cc3cc(C#N)c(C#N)cc3C2)CC1. The number of fused-ring (bicyclic) bond motifs is 1. The van der Waals surface area contributed by atoms with Crippen molar-refractivity contribution in [2.45, 2.75) is 84.0 Å². The Balaban J connectivity index is 1.38. The molecule has 0 heterocycles. The maximum Gasteiger partial charge on any atom is 0.101 e. The Morgan fingerprint density at radius 1 is 0.769 bits per heavy atom. The molecule has 138 valence electrons. The Bertz CT molecular complexity index is 640. The van der Waals surface area contributed by atoms with E-state index in [9.17, 15) is 10.5 Å². The van der Waals surface area contributed by atoms with Crippen LogP contribution < -0.4 is 0 Å². The molecule has 1 saturated carbocycles. The normalized spacial score (nSPS) is 22.6. The van der Waals surface area contributed by atoms with Crippen molar-refractivity contribution in [1.82, 2.24) is 0 Å². The third-order valence-electron chi connectivity index (χ3n) is 6.74. The summed E-state index contributed by atoms with van der Waals surface area (Å²) >= 11 is 0. The molecular formula is C24H32N2. The Morgan fingerprint density at radius 2 is 1.23 bits per heavy atom. The summed E-state index contributed by atoms with van der Waals surface area (Å²) in [4.78, 5) is 0. The largest absolute Gasteiger partial charge is 0.192 e. The molecule has 1 aromatic carbocycles. The first-order valence-corrected chi connectivity index (χ1v) is 10.7. The average Bonchev–Trinajstić information content (AvgIpc) is 3.07. The molecule has 0 aromatic heterocycles. The van der Waals surface area contributed by atoms with Gasteiger partial charge in [0.1, 0.15) is 12.1 Å². The van der Waals surface area contributed by atoms with Crippen molar-refractivity contribution >= 4 is 0 Å². The van der Waals surface area contributed by atoms with Crippen molar-refractivity contribution in [3.63, 3.8) is 0 Å². The van der Waals surface area contributed by atoms with E-state index in [4.69, 9.17) is 0 Å². The number of nitrogens with zero attached hydrogens (tertiary/aromatic N) is 2. The summed E-state index contributed by atoms with van der Waals surface area (Å²) in [6.45, 7) is 2.32. The molecule has 2 aliphatic rings. The van der Waals surface area contributed by atoms with Crippen molar-refractivity contribution in [3.05, 3.63) is 34.4 Å². The van der Waals surface area contributed by atoms with E-state index < -0.39 is 0 Å². The van der Waals surface area contributed by atoms with Gasteiger partial charge in [0.05, 0.1) is 11.1 Å². The van der Waals surface area contributed by atoms with Crippen molar-refractivity contribution in [2.24, 2.45) is 17.8 Å². The van der Waals surface area contributed by atoms with Crippen LogP contribution in [0, 0.1) is 40.4 Å². The van der Waals surface area contributed by atoms with Crippen molar-refractivity contribution in [2.75, 3.05) is 0 Å². The van der Waals surface area contributed by atoms with Crippen LogP contribution in [0.1, 0.15) is 93.4 Å². The second-order valence-corrected chi connectivity index (χ2v) is 8.62. The maximum atomic E-state index is 9.19. The highest BCUT2D eigenvalue weighted by Gasteiger charge is 2.24. The first-order valence-electron chi connectivity index (χ1n) is 10.7. The van der Waals surface area contributed by atoms with Gasteiger partial charge in [-0.05, 0) is 60.3 Å². The first-order chi connectivity index (χ1) is 12.7. The lowest BCUT2D eigenvalue weighted by Crippen LogP contribution is -2.14. The van der Waals surface area contributed by atoms with Gasteiger partial charge in [0.2, 0.25) is 0 Å². The van der Waals surface area contributed by atoms with Crippen LogP contribution in [0.4, 0.5) is 0 Å². The van der Waals surface area contributed by atoms with E-state index in [2.05, 4.69) is 19.1 Å². The van der Waals surface area contributed by atoms with E-state index in [1.165, 1.54) is 75.3 Å². The predicted molar refractivity (Wildman–Crippen MR) is 106 cm³/mol. The zero-order valence-electron chi connectivity index (χ0n) is 16.3. The smallest absolute Gasteiger partial charge is 0.101 e. The fraction of sp³-hybridized carbons (Fsp3) is 0.667. The van der Waals surface area contributed by atoms with Gasteiger partial charge in [0.25, 0.3) is 0 Å². The van der Waals surface area contributed by atoms with Crippen LogP contribution in [0.25, 0.3) is 0 Å². The van der Waals surface area contributed by atoms with E-state index in [1.54, 1.807) is 0 Å². The van der Waals surface area contributed by atoms with Gasteiger partial charge >= 0.3 is 0 Å². The molecule has 2 nitrogen and oxygen atoms in total. The standard InChI is InChI=1S/C24H32N2/c1-2-5-18-8-10-19(11-9-18)6-3-4-7-20-12-21-14-23(16-25)24(17-26)15-22(21)13-20/h14-15,18-20H,2-13H2,1H3. The molecule has 1 aromatic rings. The van der Waals surface area contributed by atoms with E-state index in [1.807, 2.05) is 12.1 Å².